The number of alkyl halides is 3. The minimum absolute atomic E-state index is 0.228. The van der Waals surface area contributed by atoms with Gasteiger partial charge in [0, 0.05) is 10.9 Å². The number of thiazole rings is 1. The van der Waals surface area contributed by atoms with Crippen molar-refractivity contribution in [1.29, 1.82) is 0 Å². The molecule has 0 fully saturated rings. The van der Waals surface area contributed by atoms with Crippen molar-refractivity contribution in [3.63, 3.8) is 0 Å². The van der Waals surface area contributed by atoms with Crippen LogP contribution in [0, 0.1) is 0 Å². The van der Waals surface area contributed by atoms with Crippen LogP contribution in [0.4, 0.5) is 18.3 Å². The average molecular weight is 405 g/mol. The van der Waals surface area contributed by atoms with E-state index in [0.29, 0.717) is 19.9 Å². The van der Waals surface area contributed by atoms with E-state index in [-0.39, 0.29) is 5.13 Å². The third-order valence-electron chi connectivity index (χ3n) is 2.53. The molecular weight excluding hydrogens is 396 g/mol. The van der Waals surface area contributed by atoms with E-state index in [2.05, 4.69) is 15.0 Å². The molecule has 2 rings (SSSR count). The second kappa shape index (κ2) is 7.35. The molecule has 0 radical (unpaired) electrons. The Morgan fingerprint density at radius 1 is 1.48 bits per heavy atom. The van der Waals surface area contributed by atoms with E-state index in [1.54, 1.807) is 11.4 Å². The fraction of sp³-hybridized carbons (Fsp3) is 0.333. The number of hydrogen-bond donors (Lipinski definition) is 1. The second-order valence-corrected chi connectivity index (χ2v) is 7.48. The maximum atomic E-state index is 12.0. The Kier molecular flexibility index (Phi) is 5.90. The van der Waals surface area contributed by atoms with Crippen molar-refractivity contribution >= 4 is 56.9 Å². The van der Waals surface area contributed by atoms with Gasteiger partial charge in [-0.25, -0.2) is 4.98 Å². The number of anilines is 1. The lowest BCUT2D eigenvalue weighted by molar-refractivity contribution is -0.184. The van der Waals surface area contributed by atoms with Crippen LogP contribution >= 0.6 is 45.9 Å². The van der Waals surface area contributed by atoms with E-state index in [1.807, 2.05) is 0 Å². The van der Waals surface area contributed by atoms with Crippen molar-refractivity contribution in [3.05, 3.63) is 20.1 Å². The standard InChI is InChI=1S/C12H9Cl2F3N2O2S2/c1-5(21-4-12(15,16)17)10(20)19-11-18-7(3-22-11)6-2-8(13)23-9(6)14/h2-3,5H,4H2,1H3,(H,18,19,20). The minimum Gasteiger partial charge on any atom is -0.359 e. The lowest BCUT2D eigenvalue weighted by Gasteiger charge is -2.13. The van der Waals surface area contributed by atoms with Gasteiger partial charge in [0.25, 0.3) is 5.91 Å². The Morgan fingerprint density at radius 2 is 2.17 bits per heavy atom. The molecule has 2 heterocycles. The maximum Gasteiger partial charge on any atom is 0.411 e. The number of amides is 1. The molecule has 0 spiro atoms. The van der Waals surface area contributed by atoms with Crippen molar-refractivity contribution in [2.75, 3.05) is 11.9 Å². The number of carbonyl (C=O) groups excluding carboxylic acids is 1. The molecule has 0 aromatic carbocycles. The normalized spacial score (nSPS) is 13.1. The Bertz CT molecular complexity index is 703. The zero-order valence-electron chi connectivity index (χ0n) is 11.4. The molecule has 126 valence electrons. The SMILES string of the molecule is CC(OCC(F)(F)F)C(=O)Nc1nc(-c2cc(Cl)sc2Cl)cs1. The summed E-state index contributed by atoms with van der Waals surface area (Å²) in [7, 11) is 0. The molecule has 11 heteroatoms. The molecule has 4 nitrogen and oxygen atoms in total. The fourth-order valence-electron chi connectivity index (χ4n) is 1.47. The third kappa shape index (κ3) is 5.32. The zero-order valence-corrected chi connectivity index (χ0v) is 14.6. The number of nitrogens with one attached hydrogen (secondary N) is 1. The zero-order chi connectivity index (χ0) is 17.2. The number of aromatic nitrogens is 1. The van der Waals surface area contributed by atoms with E-state index in [0.717, 1.165) is 11.3 Å². The summed E-state index contributed by atoms with van der Waals surface area (Å²) in [5, 5.41) is 4.28. The molecule has 1 N–H and O–H groups in total. The number of halogens is 5. The number of ether oxygens (including phenoxy) is 1. The fourth-order valence-corrected chi connectivity index (χ4v) is 3.67. The summed E-state index contributed by atoms with van der Waals surface area (Å²) >= 11 is 14.2. The lowest BCUT2D eigenvalue weighted by atomic mass is 10.3. The van der Waals surface area contributed by atoms with Crippen LogP contribution in [0.2, 0.25) is 8.67 Å². The summed E-state index contributed by atoms with van der Waals surface area (Å²) in [6.07, 6.45) is -5.75. The maximum absolute atomic E-state index is 12.0. The Morgan fingerprint density at radius 3 is 2.74 bits per heavy atom. The van der Waals surface area contributed by atoms with Crippen LogP contribution in [0.15, 0.2) is 11.4 Å². The van der Waals surface area contributed by atoms with E-state index < -0.39 is 24.8 Å². The molecule has 1 amide bonds. The highest BCUT2D eigenvalue weighted by Gasteiger charge is 2.30. The van der Waals surface area contributed by atoms with Crippen LogP contribution in [-0.4, -0.2) is 29.8 Å². The van der Waals surface area contributed by atoms with E-state index in [4.69, 9.17) is 23.2 Å². The molecule has 0 aliphatic heterocycles. The van der Waals surface area contributed by atoms with E-state index in [1.165, 1.54) is 18.3 Å². The third-order valence-corrected chi connectivity index (χ3v) is 4.78. The van der Waals surface area contributed by atoms with Gasteiger partial charge in [0.05, 0.1) is 10.0 Å². The molecule has 0 saturated carbocycles. The summed E-state index contributed by atoms with van der Waals surface area (Å²) in [5.41, 5.74) is 1.14. The topological polar surface area (TPSA) is 51.2 Å². The van der Waals surface area contributed by atoms with Gasteiger partial charge in [-0.15, -0.1) is 22.7 Å². The van der Waals surface area contributed by atoms with Crippen molar-refractivity contribution in [2.24, 2.45) is 0 Å². The summed E-state index contributed by atoms with van der Waals surface area (Å²) in [4.78, 5) is 15.9. The minimum atomic E-state index is -4.49. The highest BCUT2D eigenvalue weighted by atomic mass is 35.5. The van der Waals surface area contributed by atoms with Crippen LogP contribution < -0.4 is 5.32 Å². The average Bonchev–Trinajstić information content (AvgIpc) is 3.01. The molecule has 0 aliphatic carbocycles. The number of nitrogens with zero attached hydrogens (tertiary/aromatic N) is 1. The van der Waals surface area contributed by atoms with Crippen LogP contribution in [0.25, 0.3) is 11.3 Å². The Balaban J connectivity index is 1.99. The van der Waals surface area contributed by atoms with Crippen molar-refractivity contribution < 1.29 is 22.7 Å². The first kappa shape index (κ1) is 18.5. The van der Waals surface area contributed by atoms with Crippen LogP contribution in [-0.2, 0) is 9.53 Å². The van der Waals surface area contributed by atoms with E-state index >= 15 is 0 Å². The number of hydrogen-bond acceptors (Lipinski definition) is 5. The first-order chi connectivity index (χ1) is 10.7. The lowest BCUT2D eigenvalue weighted by Crippen LogP contribution is -2.31. The number of thiophene rings is 1. The molecular formula is C12H9Cl2F3N2O2S2. The Hall–Kier alpha value is -0.870. The predicted molar refractivity (Wildman–Crippen MR) is 85.5 cm³/mol. The van der Waals surface area contributed by atoms with Gasteiger partial charge in [0.1, 0.15) is 17.0 Å². The van der Waals surface area contributed by atoms with Crippen LogP contribution in [0.5, 0.6) is 0 Å². The van der Waals surface area contributed by atoms with Crippen LogP contribution in [0.3, 0.4) is 0 Å². The summed E-state index contributed by atoms with van der Waals surface area (Å²) in [6, 6.07) is 1.64. The molecule has 0 aliphatic rings. The molecule has 23 heavy (non-hydrogen) atoms. The highest BCUT2D eigenvalue weighted by Crippen LogP contribution is 2.39. The van der Waals surface area contributed by atoms with Gasteiger partial charge < -0.3 is 4.74 Å². The van der Waals surface area contributed by atoms with Gasteiger partial charge in [-0.1, -0.05) is 23.2 Å². The quantitative estimate of drug-likeness (QED) is 0.755. The molecule has 2 aromatic rings. The van der Waals surface area contributed by atoms with E-state index in [9.17, 15) is 18.0 Å². The monoisotopic (exact) mass is 404 g/mol. The van der Waals surface area contributed by atoms with Gasteiger partial charge in [0.2, 0.25) is 0 Å². The van der Waals surface area contributed by atoms with Gasteiger partial charge in [0.15, 0.2) is 5.13 Å². The van der Waals surface area contributed by atoms with Gasteiger partial charge in [-0.3, -0.25) is 10.1 Å². The van der Waals surface area contributed by atoms with Crippen molar-refractivity contribution in [3.8, 4) is 11.3 Å². The molecule has 2 aromatic heterocycles. The predicted octanol–water partition coefficient (Wildman–Crippen LogP) is 5.08. The smallest absolute Gasteiger partial charge is 0.359 e. The molecule has 1 unspecified atom stereocenters. The summed E-state index contributed by atoms with van der Waals surface area (Å²) < 4.78 is 41.6. The first-order valence-corrected chi connectivity index (χ1v) is 8.51. The molecule has 1 atom stereocenters. The van der Waals surface area contributed by atoms with Gasteiger partial charge in [-0.05, 0) is 13.0 Å². The molecule has 0 saturated heterocycles. The van der Waals surface area contributed by atoms with Crippen molar-refractivity contribution in [2.45, 2.75) is 19.2 Å². The summed E-state index contributed by atoms with van der Waals surface area (Å²) in [5.74, 6) is -0.718. The Labute approximate surface area is 147 Å². The molecule has 0 bridgehead atoms. The largest absolute Gasteiger partial charge is 0.411 e. The highest BCUT2D eigenvalue weighted by molar-refractivity contribution is 7.20. The van der Waals surface area contributed by atoms with Gasteiger partial charge >= 0.3 is 6.18 Å². The number of rotatable bonds is 5. The van der Waals surface area contributed by atoms with Crippen LogP contribution in [0.1, 0.15) is 6.92 Å². The second-order valence-electron chi connectivity index (χ2n) is 4.33. The number of carbonyl (C=O) groups is 1. The van der Waals surface area contributed by atoms with Gasteiger partial charge in [-0.2, -0.15) is 13.2 Å². The summed E-state index contributed by atoms with van der Waals surface area (Å²) in [6.45, 7) is -0.265. The van der Waals surface area contributed by atoms with Crippen molar-refractivity contribution in [1.82, 2.24) is 4.98 Å². The first-order valence-electron chi connectivity index (χ1n) is 6.05.